The smallest absolute Gasteiger partial charge is 0.320 e. The molecule has 1 aromatic carbocycles. The maximum atomic E-state index is 12.9. The summed E-state index contributed by atoms with van der Waals surface area (Å²) in [4.78, 5) is 11.8. The Morgan fingerprint density at radius 1 is 1.29 bits per heavy atom. The van der Waals surface area contributed by atoms with E-state index in [9.17, 15) is 13.2 Å². The van der Waals surface area contributed by atoms with Crippen molar-refractivity contribution in [2.24, 2.45) is 0 Å². The molecule has 1 atom stereocenters. The maximum absolute atomic E-state index is 12.9. The first-order chi connectivity index (χ1) is 11.5. The number of rotatable bonds is 3. The highest BCUT2D eigenvalue weighted by molar-refractivity contribution is 8.00. The fraction of sp³-hybridized carbons (Fsp3) is 0.533. The largest absolute Gasteiger partial charge is 0.490 e. The fourth-order valence-corrected chi connectivity index (χ4v) is 5.38. The molecule has 0 N–H and O–H groups in total. The van der Waals surface area contributed by atoms with E-state index in [1.54, 1.807) is 6.07 Å². The zero-order valence-electron chi connectivity index (χ0n) is 13.3. The summed E-state index contributed by atoms with van der Waals surface area (Å²) in [6.45, 7) is 1.49. The van der Waals surface area contributed by atoms with Gasteiger partial charge in [-0.3, -0.25) is 4.79 Å². The number of methoxy groups -OCH3 is 1. The Balaban J connectivity index is 1.85. The Morgan fingerprint density at radius 2 is 2.04 bits per heavy atom. The van der Waals surface area contributed by atoms with Gasteiger partial charge in [-0.25, -0.2) is 8.42 Å². The third-order valence-electron chi connectivity index (χ3n) is 3.85. The lowest BCUT2D eigenvalue weighted by Crippen LogP contribution is -2.44. The second-order valence-corrected chi connectivity index (χ2v) is 8.65. The molecule has 2 aliphatic rings. The van der Waals surface area contributed by atoms with Gasteiger partial charge in [-0.15, -0.1) is 11.8 Å². The lowest BCUT2D eigenvalue weighted by molar-refractivity contribution is -0.140. The predicted octanol–water partition coefficient (Wildman–Crippen LogP) is 1.13. The van der Waals surface area contributed by atoms with Crippen LogP contribution in [-0.2, 0) is 19.6 Å². The van der Waals surface area contributed by atoms with Crippen molar-refractivity contribution in [2.75, 3.05) is 39.2 Å². The van der Waals surface area contributed by atoms with Gasteiger partial charge in [0.05, 0.1) is 25.2 Å². The first-order valence-electron chi connectivity index (χ1n) is 7.61. The average molecular weight is 373 g/mol. The van der Waals surface area contributed by atoms with Gasteiger partial charge in [0.15, 0.2) is 11.5 Å². The number of hydrogen-bond donors (Lipinski definition) is 0. The van der Waals surface area contributed by atoms with Crippen LogP contribution in [0.4, 0.5) is 0 Å². The Hall–Kier alpha value is -1.45. The van der Waals surface area contributed by atoms with Gasteiger partial charge in [-0.1, -0.05) is 0 Å². The third kappa shape index (κ3) is 3.47. The van der Waals surface area contributed by atoms with E-state index in [1.807, 2.05) is 0 Å². The number of benzene rings is 1. The maximum Gasteiger partial charge on any atom is 0.320 e. The molecule has 0 saturated carbocycles. The van der Waals surface area contributed by atoms with Gasteiger partial charge in [-0.05, 0) is 12.1 Å². The number of hydrogen-bond acceptors (Lipinski definition) is 7. The van der Waals surface area contributed by atoms with Gasteiger partial charge in [0, 0.05) is 31.3 Å². The van der Waals surface area contributed by atoms with Crippen LogP contribution in [0.25, 0.3) is 0 Å². The van der Waals surface area contributed by atoms with E-state index in [1.165, 1.54) is 35.3 Å². The van der Waals surface area contributed by atoms with Crippen molar-refractivity contribution in [3.05, 3.63) is 18.2 Å². The van der Waals surface area contributed by atoms with E-state index in [4.69, 9.17) is 14.2 Å². The molecule has 1 fully saturated rings. The topological polar surface area (TPSA) is 82.1 Å². The zero-order valence-corrected chi connectivity index (χ0v) is 14.9. The Bertz CT molecular complexity index is 721. The van der Waals surface area contributed by atoms with Crippen molar-refractivity contribution in [1.82, 2.24) is 4.31 Å². The molecule has 0 amide bonds. The van der Waals surface area contributed by atoms with Crippen LogP contribution in [0.15, 0.2) is 23.1 Å². The van der Waals surface area contributed by atoms with E-state index in [-0.39, 0.29) is 11.4 Å². The second-order valence-electron chi connectivity index (χ2n) is 5.40. The monoisotopic (exact) mass is 373 g/mol. The third-order valence-corrected chi connectivity index (χ3v) is 6.87. The standard InChI is InChI=1S/C15H19NO6S2/c1-20-15(17)14-10-16(5-8-23-14)24(18,19)11-3-4-12-13(9-11)22-7-2-6-21-12/h3-4,9,14H,2,5-8,10H2,1H3/t14-/m1/s1. The minimum atomic E-state index is -3.71. The molecule has 9 heteroatoms. The molecule has 1 aromatic rings. The lowest BCUT2D eigenvalue weighted by Gasteiger charge is -2.30. The van der Waals surface area contributed by atoms with Gasteiger partial charge in [0.1, 0.15) is 5.25 Å². The van der Waals surface area contributed by atoms with E-state index < -0.39 is 21.2 Å². The highest BCUT2D eigenvalue weighted by Crippen LogP contribution is 2.33. The molecule has 0 unspecified atom stereocenters. The van der Waals surface area contributed by atoms with Crippen LogP contribution >= 0.6 is 11.8 Å². The van der Waals surface area contributed by atoms with Crippen molar-refractivity contribution in [2.45, 2.75) is 16.6 Å². The summed E-state index contributed by atoms with van der Waals surface area (Å²) < 4.78 is 42.9. The number of nitrogens with zero attached hydrogens (tertiary/aromatic N) is 1. The second kappa shape index (κ2) is 7.20. The van der Waals surface area contributed by atoms with Crippen LogP contribution in [-0.4, -0.2) is 63.1 Å². The first kappa shape index (κ1) is 17.4. The molecule has 0 spiro atoms. The highest BCUT2D eigenvalue weighted by atomic mass is 32.2. The fourth-order valence-electron chi connectivity index (χ4n) is 2.57. The van der Waals surface area contributed by atoms with Gasteiger partial charge in [0.25, 0.3) is 0 Å². The summed E-state index contributed by atoms with van der Waals surface area (Å²) in [7, 11) is -2.40. The van der Waals surface area contributed by atoms with Crippen LogP contribution in [0.3, 0.4) is 0 Å². The number of carbonyl (C=O) groups excluding carboxylic acids is 1. The number of ether oxygens (including phenoxy) is 3. The zero-order chi connectivity index (χ0) is 17.2. The number of sulfonamides is 1. The molecule has 3 rings (SSSR count). The summed E-state index contributed by atoms with van der Waals surface area (Å²) >= 11 is 1.41. The minimum absolute atomic E-state index is 0.105. The lowest BCUT2D eigenvalue weighted by atomic mass is 10.3. The normalized spacial score (nSPS) is 21.8. The summed E-state index contributed by atoms with van der Waals surface area (Å²) in [5, 5.41) is -0.501. The summed E-state index contributed by atoms with van der Waals surface area (Å²) in [5.41, 5.74) is 0. The van der Waals surface area contributed by atoms with E-state index in [2.05, 4.69) is 0 Å². The number of fused-ring (bicyclic) bond motifs is 1. The molecule has 24 heavy (non-hydrogen) atoms. The Labute approximate surface area is 145 Å². The number of thioether (sulfide) groups is 1. The van der Waals surface area contributed by atoms with Crippen LogP contribution in [0.2, 0.25) is 0 Å². The van der Waals surface area contributed by atoms with Gasteiger partial charge >= 0.3 is 5.97 Å². The molecule has 2 heterocycles. The van der Waals surface area contributed by atoms with E-state index in [0.717, 1.165) is 6.42 Å². The predicted molar refractivity (Wildman–Crippen MR) is 89.1 cm³/mol. The van der Waals surface area contributed by atoms with Gasteiger partial charge in [-0.2, -0.15) is 4.31 Å². The summed E-state index contributed by atoms with van der Waals surface area (Å²) in [6.07, 6.45) is 0.751. The molecule has 7 nitrogen and oxygen atoms in total. The summed E-state index contributed by atoms with van der Waals surface area (Å²) in [6, 6.07) is 4.62. The van der Waals surface area contributed by atoms with Gasteiger partial charge in [0.2, 0.25) is 10.0 Å². The average Bonchev–Trinajstić information content (AvgIpc) is 2.85. The Kier molecular flexibility index (Phi) is 5.21. The SMILES string of the molecule is COC(=O)[C@H]1CN(S(=O)(=O)c2ccc3c(c2)OCCCO3)CCS1. The molecular formula is C15H19NO6S2. The molecular weight excluding hydrogens is 354 g/mol. The molecule has 132 valence electrons. The van der Waals surface area contributed by atoms with Crippen molar-refractivity contribution in [3.63, 3.8) is 0 Å². The van der Waals surface area contributed by atoms with Crippen molar-refractivity contribution >= 4 is 27.8 Å². The first-order valence-corrected chi connectivity index (χ1v) is 10.1. The quantitative estimate of drug-likeness (QED) is 0.735. The number of esters is 1. The van der Waals surface area contributed by atoms with Crippen LogP contribution in [0.5, 0.6) is 11.5 Å². The van der Waals surface area contributed by atoms with Crippen LogP contribution in [0, 0.1) is 0 Å². The summed E-state index contributed by atoms with van der Waals surface area (Å²) in [5.74, 6) is 1.12. The van der Waals surface area contributed by atoms with Crippen molar-refractivity contribution < 1.29 is 27.4 Å². The minimum Gasteiger partial charge on any atom is -0.490 e. The molecule has 2 aliphatic heterocycles. The van der Waals surface area contributed by atoms with Crippen LogP contribution in [0.1, 0.15) is 6.42 Å². The van der Waals surface area contributed by atoms with Crippen molar-refractivity contribution in [3.8, 4) is 11.5 Å². The number of carbonyl (C=O) groups is 1. The molecule has 0 aliphatic carbocycles. The van der Waals surface area contributed by atoms with Gasteiger partial charge < -0.3 is 14.2 Å². The molecule has 0 bridgehead atoms. The van der Waals surface area contributed by atoms with E-state index >= 15 is 0 Å². The molecule has 1 saturated heterocycles. The van der Waals surface area contributed by atoms with Crippen molar-refractivity contribution in [1.29, 1.82) is 0 Å². The molecule has 0 aromatic heterocycles. The Morgan fingerprint density at radius 3 is 2.79 bits per heavy atom. The van der Waals surface area contributed by atoms with Crippen LogP contribution < -0.4 is 9.47 Å². The molecule has 0 radical (unpaired) electrons. The highest BCUT2D eigenvalue weighted by Gasteiger charge is 2.34. The van der Waals surface area contributed by atoms with E-state index in [0.29, 0.717) is 37.0 Å².